The fourth-order valence-electron chi connectivity index (χ4n) is 2.00. The molecule has 0 heterocycles. The fourth-order valence-corrected chi connectivity index (χ4v) is 3.42. The number of halogens is 2. The number of hydrogen-bond donors (Lipinski definition) is 1. The van der Waals surface area contributed by atoms with Gasteiger partial charge in [0.2, 0.25) is 15.9 Å². The van der Waals surface area contributed by atoms with Crippen molar-refractivity contribution < 1.29 is 22.0 Å². The molecule has 0 aromatic heterocycles. The SMILES string of the molecule is CC(C)(C)N(CCC(=O)Nc1ccc(F)c(F)c1)S(C)(=O)=O. The Hall–Kier alpha value is -1.54. The summed E-state index contributed by atoms with van der Waals surface area (Å²) < 4.78 is 50.5. The molecule has 0 saturated heterocycles. The van der Waals surface area contributed by atoms with Crippen molar-refractivity contribution in [3.63, 3.8) is 0 Å². The van der Waals surface area contributed by atoms with E-state index in [0.717, 1.165) is 18.4 Å². The molecule has 0 fully saturated rings. The molecule has 8 heteroatoms. The van der Waals surface area contributed by atoms with Crippen LogP contribution < -0.4 is 5.32 Å². The molecule has 5 nitrogen and oxygen atoms in total. The predicted octanol–water partition coefficient (Wildman–Crippen LogP) is 2.35. The van der Waals surface area contributed by atoms with Crippen molar-refractivity contribution in [3.8, 4) is 0 Å². The van der Waals surface area contributed by atoms with Crippen LogP contribution in [0.2, 0.25) is 0 Å². The number of amides is 1. The molecule has 1 N–H and O–H groups in total. The van der Waals surface area contributed by atoms with E-state index < -0.39 is 33.1 Å². The standard InChI is InChI=1S/C14H20F2N2O3S/c1-14(2,3)18(22(4,20)21)8-7-13(19)17-10-5-6-11(15)12(16)9-10/h5-6,9H,7-8H2,1-4H3,(H,17,19). The molecule has 1 amide bonds. The van der Waals surface area contributed by atoms with E-state index in [9.17, 15) is 22.0 Å². The van der Waals surface area contributed by atoms with Gasteiger partial charge in [0, 0.05) is 30.3 Å². The highest BCUT2D eigenvalue weighted by atomic mass is 32.2. The second-order valence-corrected chi connectivity index (χ2v) is 7.84. The number of nitrogens with zero attached hydrogens (tertiary/aromatic N) is 1. The van der Waals surface area contributed by atoms with Crippen LogP contribution in [0.4, 0.5) is 14.5 Å². The van der Waals surface area contributed by atoms with Crippen LogP contribution in [0.15, 0.2) is 18.2 Å². The van der Waals surface area contributed by atoms with E-state index in [1.807, 2.05) is 0 Å². The molecule has 1 aromatic rings. The molecule has 1 rings (SSSR count). The van der Waals surface area contributed by atoms with Crippen LogP contribution in [0.3, 0.4) is 0 Å². The first-order valence-corrected chi connectivity index (χ1v) is 8.49. The monoisotopic (exact) mass is 334 g/mol. The summed E-state index contributed by atoms with van der Waals surface area (Å²) in [6.07, 6.45) is 0.981. The second-order valence-electron chi connectivity index (χ2n) is 5.93. The number of carbonyl (C=O) groups excluding carboxylic acids is 1. The van der Waals surface area contributed by atoms with Crippen LogP contribution in [0.1, 0.15) is 27.2 Å². The molecule has 0 unspecified atom stereocenters. The maximum absolute atomic E-state index is 13.0. The second kappa shape index (κ2) is 6.70. The minimum absolute atomic E-state index is 0.00214. The Kier molecular flexibility index (Phi) is 5.64. The molecule has 1 aromatic carbocycles. The third-order valence-electron chi connectivity index (χ3n) is 2.89. The van der Waals surface area contributed by atoms with Crippen LogP contribution >= 0.6 is 0 Å². The zero-order valence-electron chi connectivity index (χ0n) is 13.0. The molecule has 124 valence electrons. The van der Waals surface area contributed by atoms with Crippen LogP contribution in [0.5, 0.6) is 0 Å². The van der Waals surface area contributed by atoms with Crippen LogP contribution in [0.25, 0.3) is 0 Å². The smallest absolute Gasteiger partial charge is 0.225 e. The van der Waals surface area contributed by atoms with Gasteiger partial charge in [0.25, 0.3) is 0 Å². The number of sulfonamides is 1. The highest BCUT2D eigenvalue weighted by Crippen LogP contribution is 2.18. The number of carbonyl (C=O) groups is 1. The summed E-state index contributed by atoms with van der Waals surface area (Å²) in [6.45, 7) is 5.17. The zero-order chi connectivity index (χ0) is 17.1. The van der Waals surface area contributed by atoms with Crippen molar-refractivity contribution in [2.45, 2.75) is 32.7 Å². The van der Waals surface area contributed by atoms with Gasteiger partial charge in [-0.15, -0.1) is 0 Å². The molecular weight excluding hydrogens is 314 g/mol. The van der Waals surface area contributed by atoms with Gasteiger partial charge < -0.3 is 5.32 Å². The largest absolute Gasteiger partial charge is 0.326 e. The van der Waals surface area contributed by atoms with E-state index in [0.29, 0.717) is 0 Å². The first-order chi connectivity index (χ1) is 9.91. The number of nitrogens with one attached hydrogen (secondary N) is 1. The Morgan fingerprint density at radius 1 is 1.23 bits per heavy atom. The van der Waals surface area contributed by atoms with Crippen LogP contribution in [0, 0.1) is 11.6 Å². The Bertz CT molecular complexity index is 655. The topological polar surface area (TPSA) is 66.5 Å². The molecule has 0 saturated carbocycles. The minimum atomic E-state index is -3.46. The van der Waals surface area contributed by atoms with Crippen molar-refractivity contribution in [1.82, 2.24) is 4.31 Å². The molecule has 0 bridgehead atoms. The lowest BCUT2D eigenvalue weighted by Gasteiger charge is -2.33. The number of benzene rings is 1. The lowest BCUT2D eigenvalue weighted by Crippen LogP contribution is -2.46. The number of anilines is 1. The van der Waals surface area contributed by atoms with Crippen LogP contribution in [-0.4, -0.2) is 37.0 Å². The van der Waals surface area contributed by atoms with Gasteiger partial charge in [-0.1, -0.05) is 0 Å². The molecular formula is C14H20F2N2O3S. The lowest BCUT2D eigenvalue weighted by atomic mass is 10.1. The summed E-state index contributed by atoms with van der Waals surface area (Å²) in [5, 5.41) is 2.40. The average Bonchev–Trinajstić information content (AvgIpc) is 2.30. The van der Waals surface area contributed by atoms with E-state index >= 15 is 0 Å². The van der Waals surface area contributed by atoms with Crippen molar-refractivity contribution in [2.75, 3.05) is 18.1 Å². The fraction of sp³-hybridized carbons (Fsp3) is 0.500. The summed E-state index contributed by atoms with van der Waals surface area (Å²) in [5.74, 6) is -2.55. The Morgan fingerprint density at radius 2 is 1.82 bits per heavy atom. The third kappa shape index (κ3) is 5.34. The van der Waals surface area contributed by atoms with E-state index in [1.165, 1.54) is 10.4 Å². The van der Waals surface area contributed by atoms with E-state index in [2.05, 4.69) is 5.32 Å². The Balaban J connectivity index is 2.70. The average molecular weight is 334 g/mol. The van der Waals surface area contributed by atoms with Crippen molar-refractivity contribution >= 4 is 21.6 Å². The molecule has 0 aliphatic carbocycles. The Labute approximate surface area is 129 Å². The van der Waals surface area contributed by atoms with E-state index in [4.69, 9.17) is 0 Å². The first kappa shape index (κ1) is 18.5. The quantitative estimate of drug-likeness (QED) is 0.899. The third-order valence-corrected chi connectivity index (χ3v) is 4.42. The molecule has 0 atom stereocenters. The molecule has 0 radical (unpaired) electrons. The normalized spacial score (nSPS) is 12.5. The number of hydrogen-bond acceptors (Lipinski definition) is 3. The van der Waals surface area contributed by atoms with Gasteiger partial charge in [-0.3, -0.25) is 4.79 Å². The summed E-state index contributed by atoms with van der Waals surface area (Å²) in [6, 6.07) is 3.00. The van der Waals surface area contributed by atoms with Crippen molar-refractivity contribution in [3.05, 3.63) is 29.8 Å². The van der Waals surface area contributed by atoms with Crippen molar-refractivity contribution in [1.29, 1.82) is 0 Å². The highest BCUT2D eigenvalue weighted by molar-refractivity contribution is 7.88. The molecule has 22 heavy (non-hydrogen) atoms. The van der Waals surface area contributed by atoms with Gasteiger partial charge in [0.1, 0.15) is 0 Å². The highest BCUT2D eigenvalue weighted by Gasteiger charge is 2.29. The molecule has 0 spiro atoms. The van der Waals surface area contributed by atoms with Gasteiger partial charge in [-0.05, 0) is 32.9 Å². The van der Waals surface area contributed by atoms with Crippen molar-refractivity contribution in [2.24, 2.45) is 0 Å². The number of rotatable bonds is 5. The summed E-state index contributed by atoms with van der Waals surface area (Å²) in [4.78, 5) is 11.8. The maximum atomic E-state index is 13.0. The summed E-state index contributed by atoms with van der Waals surface area (Å²) in [7, 11) is -3.46. The summed E-state index contributed by atoms with van der Waals surface area (Å²) in [5.41, 5.74) is -0.541. The molecule has 0 aliphatic rings. The van der Waals surface area contributed by atoms with E-state index in [1.54, 1.807) is 20.8 Å². The zero-order valence-corrected chi connectivity index (χ0v) is 13.8. The predicted molar refractivity (Wildman–Crippen MR) is 80.9 cm³/mol. The van der Waals surface area contributed by atoms with Gasteiger partial charge in [-0.2, -0.15) is 4.31 Å². The van der Waals surface area contributed by atoms with Gasteiger partial charge in [0.15, 0.2) is 11.6 Å². The van der Waals surface area contributed by atoms with Gasteiger partial charge in [0.05, 0.1) is 6.26 Å². The van der Waals surface area contributed by atoms with Gasteiger partial charge in [-0.25, -0.2) is 17.2 Å². The summed E-state index contributed by atoms with van der Waals surface area (Å²) >= 11 is 0. The van der Waals surface area contributed by atoms with Gasteiger partial charge >= 0.3 is 0 Å². The molecule has 0 aliphatic heterocycles. The lowest BCUT2D eigenvalue weighted by molar-refractivity contribution is -0.116. The first-order valence-electron chi connectivity index (χ1n) is 6.64. The van der Waals surface area contributed by atoms with E-state index in [-0.39, 0.29) is 18.7 Å². The minimum Gasteiger partial charge on any atom is -0.326 e. The maximum Gasteiger partial charge on any atom is 0.225 e. The van der Waals surface area contributed by atoms with Crippen LogP contribution in [-0.2, 0) is 14.8 Å². The Morgan fingerprint density at radius 3 is 2.27 bits per heavy atom.